The lowest BCUT2D eigenvalue weighted by molar-refractivity contribution is -0.126. The second-order valence-corrected chi connectivity index (χ2v) is 7.25. The van der Waals surface area contributed by atoms with Gasteiger partial charge in [0.05, 0.1) is 11.0 Å². The minimum atomic E-state index is -0.498. The maximum absolute atomic E-state index is 12.0. The first-order valence-corrected chi connectivity index (χ1v) is 8.41. The molecule has 0 atom stereocenters. The fourth-order valence-electron chi connectivity index (χ4n) is 2.29. The number of aromatic amines is 1. The number of nitrogens with one attached hydrogen (secondary N) is 3. The number of imidazole rings is 1. The molecule has 3 rings (SSSR count). The second-order valence-electron chi connectivity index (χ2n) is 6.84. The van der Waals surface area contributed by atoms with Crippen molar-refractivity contribution in [3.05, 3.63) is 48.5 Å². The average molecular weight is 352 g/mol. The SMILES string of the molecule is CC(C)(C)C(=O)NC(=S)Nc1cccc(-c2nc3ccccc3[nH]2)c1. The molecule has 0 fully saturated rings. The number of aromatic nitrogens is 2. The van der Waals surface area contributed by atoms with Gasteiger partial charge < -0.3 is 15.6 Å². The Morgan fingerprint density at radius 2 is 1.88 bits per heavy atom. The van der Waals surface area contributed by atoms with E-state index in [4.69, 9.17) is 12.2 Å². The van der Waals surface area contributed by atoms with Crippen molar-refractivity contribution in [2.45, 2.75) is 20.8 Å². The molecule has 3 aromatic rings. The molecule has 0 spiro atoms. The second kappa shape index (κ2) is 6.64. The van der Waals surface area contributed by atoms with Crippen LogP contribution in [0.4, 0.5) is 5.69 Å². The van der Waals surface area contributed by atoms with Crippen LogP contribution >= 0.6 is 12.2 Å². The number of fused-ring (bicyclic) bond motifs is 1. The molecule has 128 valence electrons. The summed E-state index contributed by atoms with van der Waals surface area (Å²) in [4.78, 5) is 19.9. The van der Waals surface area contributed by atoms with Crippen LogP contribution in [0.1, 0.15) is 20.8 Å². The fourth-order valence-corrected chi connectivity index (χ4v) is 2.50. The zero-order chi connectivity index (χ0) is 18.0. The van der Waals surface area contributed by atoms with E-state index in [0.29, 0.717) is 0 Å². The van der Waals surface area contributed by atoms with Crippen LogP contribution in [0, 0.1) is 5.41 Å². The van der Waals surface area contributed by atoms with Crippen molar-refractivity contribution >= 4 is 40.0 Å². The van der Waals surface area contributed by atoms with Crippen LogP contribution in [0.2, 0.25) is 0 Å². The van der Waals surface area contributed by atoms with Gasteiger partial charge in [-0.2, -0.15) is 0 Å². The van der Waals surface area contributed by atoms with Crippen LogP contribution < -0.4 is 10.6 Å². The van der Waals surface area contributed by atoms with E-state index in [0.717, 1.165) is 28.1 Å². The van der Waals surface area contributed by atoms with Gasteiger partial charge in [-0.25, -0.2) is 4.98 Å². The molecule has 0 aliphatic rings. The Bertz CT molecular complexity index is 907. The minimum absolute atomic E-state index is 0.126. The van der Waals surface area contributed by atoms with Crippen molar-refractivity contribution in [1.29, 1.82) is 0 Å². The number of benzene rings is 2. The van der Waals surface area contributed by atoms with E-state index in [2.05, 4.69) is 20.6 Å². The highest BCUT2D eigenvalue weighted by Crippen LogP contribution is 2.23. The molecule has 0 aliphatic carbocycles. The number of para-hydroxylation sites is 2. The van der Waals surface area contributed by atoms with Gasteiger partial charge >= 0.3 is 0 Å². The van der Waals surface area contributed by atoms with E-state index in [-0.39, 0.29) is 11.0 Å². The summed E-state index contributed by atoms with van der Waals surface area (Å²) in [5.41, 5.74) is 3.14. The third-order valence-corrected chi connectivity index (χ3v) is 3.90. The molecule has 6 heteroatoms. The van der Waals surface area contributed by atoms with Crippen LogP contribution in [0.25, 0.3) is 22.4 Å². The third-order valence-electron chi connectivity index (χ3n) is 3.69. The van der Waals surface area contributed by atoms with E-state index < -0.39 is 5.41 Å². The van der Waals surface area contributed by atoms with Gasteiger partial charge in [-0.05, 0) is 36.5 Å². The van der Waals surface area contributed by atoms with E-state index in [1.54, 1.807) is 0 Å². The van der Waals surface area contributed by atoms with Crippen molar-refractivity contribution in [1.82, 2.24) is 15.3 Å². The smallest absolute Gasteiger partial charge is 0.231 e. The molecule has 1 amide bonds. The van der Waals surface area contributed by atoms with Gasteiger partial charge in [-0.3, -0.25) is 4.79 Å². The first-order valence-electron chi connectivity index (χ1n) is 8.00. The quantitative estimate of drug-likeness (QED) is 0.608. The molecule has 3 N–H and O–H groups in total. The van der Waals surface area contributed by atoms with E-state index >= 15 is 0 Å². The summed E-state index contributed by atoms with van der Waals surface area (Å²) in [6.07, 6.45) is 0. The Hall–Kier alpha value is -2.73. The van der Waals surface area contributed by atoms with Crippen molar-refractivity contribution < 1.29 is 4.79 Å². The molecular formula is C19H20N4OS. The summed E-state index contributed by atoms with van der Waals surface area (Å²) in [5.74, 6) is 0.660. The van der Waals surface area contributed by atoms with E-state index in [9.17, 15) is 4.79 Å². The van der Waals surface area contributed by atoms with E-state index in [1.807, 2.05) is 69.3 Å². The van der Waals surface area contributed by atoms with Gasteiger partial charge in [0.15, 0.2) is 5.11 Å². The highest BCUT2D eigenvalue weighted by Gasteiger charge is 2.22. The number of hydrogen-bond acceptors (Lipinski definition) is 3. The third kappa shape index (κ3) is 4.03. The number of anilines is 1. The summed E-state index contributed by atoms with van der Waals surface area (Å²) in [6, 6.07) is 15.6. The largest absolute Gasteiger partial charge is 0.338 e. The molecule has 0 radical (unpaired) electrons. The van der Waals surface area contributed by atoms with Crippen LogP contribution in [0.3, 0.4) is 0 Å². The van der Waals surface area contributed by atoms with Gasteiger partial charge in [-0.15, -0.1) is 0 Å². The van der Waals surface area contributed by atoms with Crippen molar-refractivity contribution in [2.24, 2.45) is 5.41 Å². The zero-order valence-electron chi connectivity index (χ0n) is 14.4. The summed E-state index contributed by atoms with van der Waals surface area (Å²) in [5, 5.41) is 6.03. The van der Waals surface area contributed by atoms with Gasteiger partial charge in [0.2, 0.25) is 5.91 Å². The Morgan fingerprint density at radius 1 is 1.12 bits per heavy atom. The highest BCUT2D eigenvalue weighted by molar-refractivity contribution is 7.80. The summed E-state index contributed by atoms with van der Waals surface area (Å²) in [6.45, 7) is 5.52. The Morgan fingerprint density at radius 3 is 2.60 bits per heavy atom. The predicted octanol–water partition coefficient (Wildman–Crippen LogP) is 4.09. The molecule has 5 nitrogen and oxygen atoms in total. The maximum Gasteiger partial charge on any atom is 0.231 e. The number of nitrogens with zero attached hydrogens (tertiary/aromatic N) is 1. The number of hydrogen-bond donors (Lipinski definition) is 3. The first-order chi connectivity index (χ1) is 11.8. The predicted molar refractivity (Wildman–Crippen MR) is 105 cm³/mol. The topological polar surface area (TPSA) is 69.8 Å². The zero-order valence-corrected chi connectivity index (χ0v) is 15.2. The maximum atomic E-state index is 12.0. The minimum Gasteiger partial charge on any atom is -0.338 e. The van der Waals surface area contributed by atoms with Crippen molar-refractivity contribution in [3.63, 3.8) is 0 Å². The number of H-pyrrole nitrogens is 1. The Kier molecular flexibility index (Phi) is 4.55. The van der Waals surface area contributed by atoms with E-state index in [1.165, 1.54) is 0 Å². The highest BCUT2D eigenvalue weighted by atomic mass is 32.1. The van der Waals surface area contributed by atoms with Gasteiger partial charge in [0, 0.05) is 16.7 Å². The molecule has 25 heavy (non-hydrogen) atoms. The lowest BCUT2D eigenvalue weighted by Crippen LogP contribution is -2.41. The number of carbonyl (C=O) groups excluding carboxylic acids is 1. The molecule has 0 bridgehead atoms. The average Bonchev–Trinajstić information content (AvgIpc) is 2.98. The van der Waals surface area contributed by atoms with Crippen LogP contribution in [0.5, 0.6) is 0 Å². The molecular weight excluding hydrogens is 332 g/mol. The van der Waals surface area contributed by atoms with Gasteiger partial charge in [0.25, 0.3) is 0 Å². The molecule has 1 aromatic heterocycles. The standard InChI is InChI=1S/C19H20N4OS/c1-19(2,3)17(24)23-18(25)20-13-8-6-7-12(11-13)16-21-14-9-4-5-10-15(14)22-16/h4-11H,1-3H3,(H,21,22)(H2,20,23,24,25). The number of rotatable bonds is 2. The Balaban J connectivity index is 1.77. The summed E-state index contributed by atoms with van der Waals surface area (Å²) in [7, 11) is 0. The monoisotopic (exact) mass is 352 g/mol. The first kappa shape index (κ1) is 17.1. The van der Waals surface area contributed by atoms with Crippen molar-refractivity contribution in [3.8, 4) is 11.4 Å². The lowest BCUT2D eigenvalue weighted by atomic mass is 9.96. The molecule has 0 unspecified atom stereocenters. The Labute approximate surface area is 151 Å². The van der Waals surface area contributed by atoms with Gasteiger partial charge in [0.1, 0.15) is 5.82 Å². The summed E-state index contributed by atoms with van der Waals surface area (Å²) < 4.78 is 0. The van der Waals surface area contributed by atoms with Crippen LogP contribution in [0.15, 0.2) is 48.5 Å². The molecule has 0 saturated heterocycles. The fraction of sp³-hybridized carbons (Fsp3) is 0.211. The number of amides is 1. The molecule has 2 aromatic carbocycles. The molecule has 0 saturated carbocycles. The molecule has 1 heterocycles. The van der Waals surface area contributed by atoms with Crippen LogP contribution in [-0.4, -0.2) is 21.0 Å². The summed E-state index contributed by atoms with van der Waals surface area (Å²) >= 11 is 5.23. The van der Waals surface area contributed by atoms with Crippen LogP contribution in [-0.2, 0) is 4.79 Å². The van der Waals surface area contributed by atoms with Crippen molar-refractivity contribution in [2.75, 3.05) is 5.32 Å². The van der Waals surface area contributed by atoms with Gasteiger partial charge in [-0.1, -0.05) is 45.0 Å². The normalized spacial score (nSPS) is 11.3. The lowest BCUT2D eigenvalue weighted by Gasteiger charge is -2.18. The molecule has 0 aliphatic heterocycles. The number of carbonyl (C=O) groups is 1. The number of thiocarbonyl (C=S) groups is 1.